The van der Waals surface area contributed by atoms with E-state index in [1.54, 1.807) is 36.4 Å². The molecule has 1 aliphatic rings. The molecule has 2 aromatic carbocycles. The molecule has 6 nitrogen and oxygen atoms in total. The van der Waals surface area contributed by atoms with Crippen molar-refractivity contribution in [3.8, 4) is 5.69 Å². The Hall–Kier alpha value is -3.22. The summed E-state index contributed by atoms with van der Waals surface area (Å²) in [5, 5.41) is 2.66. The maximum absolute atomic E-state index is 15.2. The van der Waals surface area contributed by atoms with E-state index in [2.05, 4.69) is 10.3 Å². The van der Waals surface area contributed by atoms with Gasteiger partial charge in [-0.15, -0.1) is 0 Å². The third-order valence-electron chi connectivity index (χ3n) is 4.92. The Labute approximate surface area is 173 Å². The summed E-state index contributed by atoms with van der Waals surface area (Å²) in [6.07, 6.45) is 1.24. The Morgan fingerprint density at radius 2 is 1.90 bits per heavy atom. The molecule has 0 aliphatic heterocycles. The number of fused-ring (bicyclic) bond motifs is 1. The summed E-state index contributed by atoms with van der Waals surface area (Å²) in [6.45, 7) is 5.28. The van der Waals surface area contributed by atoms with Crippen molar-refractivity contribution in [1.29, 1.82) is 0 Å². The normalized spacial score (nSPS) is 14.0. The lowest BCUT2D eigenvalue weighted by atomic mass is 10.1. The zero-order valence-corrected chi connectivity index (χ0v) is 17.2. The lowest BCUT2D eigenvalue weighted by Gasteiger charge is -2.20. The van der Waals surface area contributed by atoms with E-state index in [-0.39, 0.29) is 29.3 Å². The van der Waals surface area contributed by atoms with Crippen LogP contribution in [-0.2, 0) is 11.3 Å². The number of amides is 1. The van der Waals surface area contributed by atoms with Crippen LogP contribution in [0.1, 0.15) is 50.9 Å². The molecular weight excluding hydrogens is 385 g/mol. The first-order chi connectivity index (χ1) is 14.2. The van der Waals surface area contributed by atoms with Crippen LogP contribution in [0.5, 0.6) is 0 Å². The van der Waals surface area contributed by atoms with Gasteiger partial charge in [-0.05, 0) is 63.3 Å². The van der Waals surface area contributed by atoms with Gasteiger partial charge in [-0.2, -0.15) is 0 Å². The van der Waals surface area contributed by atoms with E-state index in [4.69, 9.17) is 4.74 Å². The number of alkyl carbamates (subject to hydrolysis) is 1. The summed E-state index contributed by atoms with van der Waals surface area (Å²) in [6, 6.07) is 12.2. The van der Waals surface area contributed by atoms with Gasteiger partial charge in [0.2, 0.25) is 0 Å². The van der Waals surface area contributed by atoms with Crippen LogP contribution in [0.2, 0.25) is 0 Å². The van der Waals surface area contributed by atoms with Crippen molar-refractivity contribution in [2.24, 2.45) is 0 Å². The summed E-state index contributed by atoms with van der Waals surface area (Å²) < 4.78 is 21.8. The van der Waals surface area contributed by atoms with Crippen LogP contribution in [0.4, 0.5) is 9.18 Å². The van der Waals surface area contributed by atoms with Crippen LogP contribution < -0.4 is 10.9 Å². The molecule has 4 rings (SSSR count). The van der Waals surface area contributed by atoms with E-state index in [9.17, 15) is 9.59 Å². The number of carbonyl (C=O) groups is 1. The molecule has 0 spiro atoms. The molecule has 0 atom stereocenters. The minimum Gasteiger partial charge on any atom is -0.441 e. The second-order valence-corrected chi connectivity index (χ2v) is 8.59. The lowest BCUT2D eigenvalue weighted by Crippen LogP contribution is -2.41. The predicted octanol–water partition coefficient (Wildman–Crippen LogP) is 4.43. The summed E-state index contributed by atoms with van der Waals surface area (Å²) in [5.41, 5.74) is 0.373. The first-order valence-electron chi connectivity index (χ1n) is 9.99. The Kier molecular flexibility index (Phi) is 5.05. The molecule has 0 saturated heterocycles. The number of aromatic nitrogens is 2. The van der Waals surface area contributed by atoms with Crippen molar-refractivity contribution < 1.29 is 13.9 Å². The van der Waals surface area contributed by atoms with Crippen LogP contribution in [0.15, 0.2) is 47.3 Å². The molecule has 1 aromatic heterocycles. The summed E-state index contributed by atoms with van der Waals surface area (Å²) in [7, 11) is 0. The zero-order valence-electron chi connectivity index (χ0n) is 17.2. The van der Waals surface area contributed by atoms with Gasteiger partial charge in [0.15, 0.2) is 12.4 Å². The summed E-state index contributed by atoms with van der Waals surface area (Å²) in [4.78, 5) is 29.9. The first kappa shape index (κ1) is 20.1. The third kappa shape index (κ3) is 4.06. The highest BCUT2D eigenvalue weighted by Gasteiger charge is 2.29. The summed E-state index contributed by atoms with van der Waals surface area (Å²) >= 11 is 0. The monoisotopic (exact) mass is 409 g/mol. The fourth-order valence-corrected chi connectivity index (χ4v) is 3.42. The van der Waals surface area contributed by atoms with Crippen LogP contribution in [0.3, 0.4) is 0 Å². The van der Waals surface area contributed by atoms with Crippen molar-refractivity contribution >= 4 is 17.0 Å². The fraction of sp³-hybridized carbons (Fsp3) is 0.348. The Bertz CT molecular complexity index is 1160. The van der Waals surface area contributed by atoms with Crippen LogP contribution >= 0.6 is 0 Å². The number of hydrogen-bond donors (Lipinski definition) is 1. The highest BCUT2D eigenvalue weighted by molar-refractivity contribution is 5.80. The van der Waals surface area contributed by atoms with Gasteiger partial charge in [0, 0.05) is 5.54 Å². The highest BCUT2D eigenvalue weighted by Crippen LogP contribution is 2.42. The molecule has 1 N–H and O–H groups in total. The van der Waals surface area contributed by atoms with Crippen molar-refractivity contribution in [3.05, 3.63) is 70.0 Å². The molecule has 1 heterocycles. The van der Waals surface area contributed by atoms with Gasteiger partial charge >= 0.3 is 6.09 Å². The number of para-hydroxylation sites is 1. The smallest absolute Gasteiger partial charge is 0.407 e. The predicted molar refractivity (Wildman–Crippen MR) is 112 cm³/mol. The number of halogens is 1. The average Bonchev–Trinajstić information content (AvgIpc) is 3.51. The molecule has 0 bridgehead atoms. The van der Waals surface area contributed by atoms with E-state index in [0.29, 0.717) is 11.3 Å². The highest BCUT2D eigenvalue weighted by atomic mass is 19.1. The molecule has 30 heavy (non-hydrogen) atoms. The van der Waals surface area contributed by atoms with Gasteiger partial charge in [-0.3, -0.25) is 9.36 Å². The van der Waals surface area contributed by atoms with Gasteiger partial charge in [0.25, 0.3) is 5.56 Å². The lowest BCUT2D eigenvalue weighted by molar-refractivity contribution is 0.127. The van der Waals surface area contributed by atoms with Crippen molar-refractivity contribution in [2.45, 2.75) is 51.7 Å². The molecule has 156 valence electrons. The number of nitrogens with one attached hydrogen (secondary N) is 1. The van der Waals surface area contributed by atoms with Crippen molar-refractivity contribution in [2.75, 3.05) is 0 Å². The van der Waals surface area contributed by atoms with E-state index in [1.165, 1.54) is 4.57 Å². The van der Waals surface area contributed by atoms with Crippen molar-refractivity contribution in [3.63, 3.8) is 0 Å². The maximum Gasteiger partial charge on any atom is 0.407 e. The molecule has 1 amide bonds. The van der Waals surface area contributed by atoms with E-state index >= 15 is 4.39 Å². The molecule has 1 aliphatic carbocycles. The number of rotatable bonds is 4. The SMILES string of the molecule is CC(C)(C)NC(=O)OCc1nc2ccc(C3CC3)c(F)c2c(=O)n1-c1ccccc1. The number of benzene rings is 2. The molecule has 0 radical (unpaired) electrons. The number of carbonyl (C=O) groups excluding carboxylic acids is 1. The Morgan fingerprint density at radius 3 is 2.53 bits per heavy atom. The maximum atomic E-state index is 15.2. The molecule has 1 fully saturated rings. The van der Waals surface area contributed by atoms with Crippen LogP contribution in [0, 0.1) is 5.82 Å². The quantitative estimate of drug-likeness (QED) is 0.692. The number of hydrogen-bond acceptors (Lipinski definition) is 4. The van der Waals surface area contributed by atoms with Gasteiger partial charge in [-0.25, -0.2) is 14.2 Å². The van der Waals surface area contributed by atoms with E-state index in [0.717, 1.165) is 12.8 Å². The second kappa shape index (κ2) is 7.55. The molecule has 3 aromatic rings. The zero-order chi connectivity index (χ0) is 21.5. The summed E-state index contributed by atoms with van der Waals surface area (Å²) in [5.74, 6) is -0.112. The molecular formula is C23H24FN3O3. The fourth-order valence-electron chi connectivity index (χ4n) is 3.42. The molecule has 1 saturated carbocycles. The Morgan fingerprint density at radius 1 is 1.20 bits per heavy atom. The molecule has 0 unspecified atom stereocenters. The second-order valence-electron chi connectivity index (χ2n) is 8.59. The average molecular weight is 409 g/mol. The van der Waals surface area contributed by atoms with Crippen LogP contribution in [0.25, 0.3) is 16.6 Å². The van der Waals surface area contributed by atoms with Gasteiger partial charge < -0.3 is 10.1 Å². The van der Waals surface area contributed by atoms with Gasteiger partial charge in [0.1, 0.15) is 11.2 Å². The number of nitrogens with zero attached hydrogens (tertiary/aromatic N) is 2. The standard InChI is InChI=1S/C23H24FN3O3/c1-23(2,3)26-22(29)30-13-18-25-17-12-11-16(14-9-10-14)20(24)19(17)21(28)27(18)15-7-5-4-6-8-15/h4-8,11-12,14H,9-10,13H2,1-3H3,(H,26,29). The minimum absolute atomic E-state index is 0.0360. The first-order valence-corrected chi connectivity index (χ1v) is 9.99. The number of ether oxygens (including phenoxy) is 1. The molecule has 7 heteroatoms. The third-order valence-corrected chi connectivity index (χ3v) is 4.92. The van der Waals surface area contributed by atoms with Gasteiger partial charge in [-0.1, -0.05) is 24.3 Å². The van der Waals surface area contributed by atoms with E-state index < -0.39 is 23.0 Å². The van der Waals surface area contributed by atoms with E-state index in [1.807, 2.05) is 26.8 Å². The Balaban J connectivity index is 1.81. The van der Waals surface area contributed by atoms with Crippen LogP contribution in [-0.4, -0.2) is 21.2 Å². The van der Waals surface area contributed by atoms with Gasteiger partial charge in [0.05, 0.1) is 11.2 Å². The largest absolute Gasteiger partial charge is 0.441 e. The topological polar surface area (TPSA) is 73.2 Å². The van der Waals surface area contributed by atoms with Crippen molar-refractivity contribution in [1.82, 2.24) is 14.9 Å². The minimum atomic E-state index is -0.619.